The fourth-order valence-corrected chi connectivity index (χ4v) is 2.62. The van der Waals surface area contributed by atoms with Crippen molar-refractivity contribution in [3.8, 4) is 0 Å². The lowest BCUT2D eigenvalue weighted by atomic mass is 10.1. The van der Waals surface area contributed by atoms with E-state index in [1.54, 1.807) is 10.9 Å². The Balaban J connectivity index is 2.22. The molecule has 3 rings (SSSR count). The van der Waals surface area contributed by atoms with Gasteiger partial charge in [0.2, 0.25) is 0 Å². The number of nitrogens with zero attached hydrogens (tertiary/aromatic N) is 2. The first-order valence-corrected chi connectivity index (χ1v) is 6.45. The van der Waals surface area contributed by atoms with Crippen molar-refractivity contribution in [3.63, 3.8) is 0 Å². The summed E-state index contributed by atoms with van der Waals surface area (Å²) < 4.78 is 1.54. The van der Waals surface area contributed by atoms with Gasteiger partial charge in [0.25, 0.3) is 5.56 Å². The van der Waals surface area contributed by atoms with Crippen LogP contribution in [0.2, 0.25) is 0 Å². The maximum absolute atomic E-state index is 12.5. The van der Waals surface area contributed by atoms with Crippen LogP contribution in [0.3, 0.4) is 0 Å². The summed E-state index contributed by atoms with van der Waals surface area (Å²) in [6, 6.07) is 3.53. The van der Waals surface area contributed by atoms with Crippen LogP contribution in [-0.4, -0.2) is 33.9 Å². The molecule has 0 amide bonds. The molecule has 1 aliphatic heterocycles. The number of β-amino-alcohol motifs (C(OH)–C–C–N with tert-alkyl or cyclic N) is 1. The van der Waals surface area contributed by atoms with E-state index in [-0.39, 0.29) is 11.6 Å². The summed E-state index contributed by atoms with van der Waals surface area (Å²) in [6.45, 7) is 5.09. The zero-order chi connectivity index (χ0) is 13.6. The molecule has 100 valence electrons. The largest absolute Gasteiger partial charge is 0.390 e. The highest BCUT2D eigenvalue weighted by Crippen LogP contribution is 2.19. The zero-order valence-electron chi connectivity index (χ0n) is 11.1. The zero-order valence-corrected chi connectivity index (χ0v) is 11.1. The predicted molar refractivity (Wildman–Crippen MR) is 73.4 cm³/mol. The molecule has 2 heterocycles. The van der Waals surface area contributed by atoms with E-state index in [1.165, 1.54) is 0 Å². The standard InChI is InChI=1S/C14H17N3O2/c1-8-3-4-10-13(9(8)2)16-7-17(14(10)19)11-5-15-6-12(11)18/h3-4,7,11-12,15,18H,5-6H2,1-2H3/t11-,12-/m1/s1. The third kappa shape index (κ3) is 1.86. The van der Waals surface area contributed by atoms with Crippen LogP contribution in [0.25, 0.3) is 10.9 Å². The molecule has 0 bridgehead atoms. The van der Waals surface area contributed by atoms with Gasteiger partial charge in [-0.05, 0) is 31.0 Å². The topological polar surface area (TPSA) is 67.2 Å². The fraction of sp³-hybridized carbons (Fsp3) is 0.429. The number of benzene rings is 1. The number of hydrogen-bond acceptors (Lipinski definition) is 4. The van der Waals surface area contributed by atoms with E-state index in [0.29, 0.717) is 18.5 Å². The fourth-order valence-electron chi connectivity index (χ4n) is 2.62. The highest BCUT2D eigenvalue weighted by molar-refractivity contribution is 5.81. The van der Waals surface area contributed by atoms with Gasteiger partial charge in [0, 0.05) is 13.1 Å². The van der Waals surface area contributed by atoms with Gasteiger partial charge in [0.1, 0.15) is 0 Å². The van der Waals surface area contributed by atoms with Gasteiger partial charge >= 0.3 is 0 Å². The van der Waals surface area contributed by atoms with E-state index in [9.17, 15) is 9.90 Å². The lowest BCUT2D eigenvalue weighted by Crippen LogP contribution is -2.32. The number of hydrogen-bond donors (Lipinski definition) is 2. The van der Waals surface area contributed by atoms with Crippen LogP contribution < -0.4 is 10.9 Å². The second-order valence-electron chi connectivity index (χ2n) is 5.15. The van der Waals surface area contributed by atoms with Crippen molar-refractivity contribution in [2.45, 2.75) is 26.0 Å². The molecule has 2 N–H and O–H groups in total. The van der Waals surface area contributed by atoms with Gasteiger partial charge in [-0.1, -0.05) is 6.07 Å². The molecular weight excluding hydrogens is 242 g/mol. The Hall–Kier alpha value is -1.72. The quantitative estimate of drug-likeness (QED) is 0.783. The highest BCUT2D eigenvalue weighted by atomic mass is 16.3. The molecule has 0 aliphatic carbocycles. The smallest absolute Gasteiger partial charge is 0.261 e. The van der Waals surface area contributed by atoms with Gasteiger partial charge < -0.3 is 10.4 Å². The number of nitrogens with one attached hydrogen (secondary N) is 1. The van der Waals surface area contributed by atoms with E-state index in [0.717, 1.165) is 16.6 Å². The molecule has 2 aromatic rings. The van der Waals surface area contributed by atoms with Crippen molar-refractivity contribution in [2.75, 3.05) is 13.1 Å². The second kappa shape index (κ2) is 4.43. The maximum Gasteiger partial charge on any atom is 0.261 e. The number of fused-ring (bicyclic) bond motifs is 1. The molecule has 0 unspecified atom stereocenters. The molecule has 0 saturated carbocycles. The van der Waals surface area contributed by atoms with Gasteiger partial charge in [-0.15, -0.1) is 0 Å². The SMILES string of the molecule is Cc1ccc2c(=O)n([C@@H]3CNC[C@H]3O)cnc2c1C. The molecule has 0 radical (unpaired) electrons. The van der Waals surface area contributed by atoms with Crippen molar-refractivity contribution in [3.05, 3.63) is 39.9 Å². The number of aliphatic hydroxyl groups is 1. The van der Waals surface area contributed by atoms with Crippen LogP contribution in [0.15, 0.2) is 23.3 Å². The molecule has 0 spiro atoms. The van der Waals surface area contributed by atoms with E-state index >= 15 is 0 Å². The Morgan fingerprint density at radius 2 is 2.16 bits per heavy atom. The monoisotopic (exact) mass is 259 g/mol. The van der Waals surface area contributed by atoms with Gasteiger partial charge in [-0.25, -0.2) is 4.98 Å². The van der Waals surface area contributed by atoms with Gasteiger partial charge in [0.05, 0.1) is 29.4 Å². The van der Waals surface area contributed by atoms with Gasteiger partial charge in [0.15, 0.2) is 0 Å². The first-order chi connectivity index (χ1) is 9.09. The van der Waals surface area contributed by atoms with E-state index in [1.807, 2.05) is 26.0 Å². The van der Waals surface area contributed by atoms with Crippen LogP contribution in [0.5, 0.6) is 0 Å². The van der Waals surface area contributed by atoms with Crippen molar-refractivity contribution < 1.29 is 5.11 Å². The average Bonchev–Trinajstić information content (AvgIpc) is 2.81. The van der Waals surface area contributed by atoms with Crippen LogP contribution in [0.4, 0.5) is 0 Å². The summed E-state index contributed by atoms with van der Waals surface area (Å²) in [4.78, 5) is 16.9. The summed E-state index contributed by atoms with van der Waals surface area (Å²) in [5.74, 6) is 0. The van der Waals surface area contributed by atoms with Crippen LogP contribution >= 0.6 is 0 Å². The summed E-state index contributed by atoms with van der Waals surface area (Å²) in [7, 11) is 0. The molecule has 5 heteroatoms. The lowest BCUT2D eigenvalue weighted by molar-refractivity contribution is 0.149. The lowest BCUT2D eigenvalue weighted by Gasteiger charge is -2.17. The second-order valence-corrected chi connectivity index (χ2v) is 5.15. The third-order valence-electron chi connectivity index (χ3n) is 3.99. The third-order valence-corrected chi connectivity index (χ3v) is 3.99. The molecule has 1 aromatic heterocycles. The Bertz CT molecular complexity index is 693. The minimum absolute atomic E-state index is 0.0825. The normalized spacial score (nSPS) is 23.1. The van der Waals surface area contributed by atoms with E-state index < -0.39 is 6.10 Å². The van der Waals surface area contributed by atoms with Crippen LogP contribution in [0.1, 0.15) is 17.2 Å². The van der Waals surface area contributed by atoms with Crippen molar-refractivity contribution in [1.29, 1.82) is 0 Å². The molecule has 1 fully saturated rings. The van der Waals surface area contributed by atoms with Crippen molar-refractivity contribution in [1.82, 2.24) is 14.9 Å². The molecule has 1 saturated heterocycles. The predicted octanol–water partition coefficient (Wildman–Crippen LogP) is 0.519. The van der Waals surface area contributed by atoms with Crippen molar-refractivity contribution in [2.24, 2.45) is 0 Å². The summed E-state index contributed by atoms with van der Waals surface area (Å²) in [5, 5.41) is 13.6. The number of aryl methyl sites for hydroxylation is 2. The highest BCUT2D eigenvalue weighted by Gasteiger charge is 2.27. The number of aliphatic hydroxyl groups excluding tert-OH is 1. The number of rotatable bonds is 1. The molecule has 2 atom stereocenters. The first-order valence-electron chi connectivity index (χ1n) is 6.45. The van der Waals surface area contributed by atoms with Gasteiger partial charge in [-0.2, -0.15) is 0 Å². The summed E-state index contributed by atoms with van der Waals surface area (Å²) in [5.41, 5.74) is 2.83. The van der Waals surface area contributed by atoms with Crippen molar-refractivity contribution >= 4 is 10.9 Å². The Kier molecular flexibility index (Phi) is 2.88. The minimum Gasteiger partial charge on any atom is -0.390 e. The van der Waals surface area contributed by atoms with E-state index in [2.05, 4.69) is 10.3 Å². The Morgan fingerprint density at radius 1 is 1.37 bits per heavy atom. The van der Waals surface area contributed by atoms with Crippen LogP contribution in [0, 0.1) is 13.8 Å². The number of aromatic nitrogens is 2. The van der Waals surface area contributed by atoms with Crippen LogP contribution in [-0.2, 0) is 0 Å². The summed E-state index contributed by atoms with van der Waals surface area (Å²) in [6.07, 6.45) is 1.02. The Morgan fingerprint density at radius 3 is 2.84 bits per heavy atom. The Labute approximate surface area is 110 Å². The molecular formula is C14H17N3O2. The molecule has 1 aliphatic rings. The molecule has 1 aromatic carbocycles. The average molecular weight is 259 g/mol. The van der Waals surface area contributed by atoms with Gasteiger partial charge in [-0.3, -0.25) is 9.36 Å². The summed E-state index contributed by atoms with van der Waals surface area (Å²) >= 11 is 0. The maximum atomic E-state index is 12.5. The first kappa shape index (κ1) is 12.3. The van der Waals surface area contributed by atoms with E-state index in [4.69, 9.17) is 0 Å². The minimum atomic E-state index is -0.538. The molecule has 5 nitrogen and oxygen atoms in total. The molecule has 19 heavy (non-hydrogen) atoms.